The van der Waals surface area contributed by atoms with Crippen LogP contribution in [0.2, 0.25) is 0 Å². The Morgan fingerprint density at radius 2 is 1.91 bits per heavy atom. The largest absolute Gasteiger partial charge is 0.492 e. The van der Waals surface area contributed by atoms with Crippen molar-refractivity contribution in [3.63, 3.8) is 0 Å². The molecule has 2 rings (SSSR count). The molecule has 0 saturated carbocycles. The molecule has 0 radical (unpaired) electrons. The molecule has 0 aliphatic carbocycles. The summed E-state index contributed by atoms with van der Waals surface area (Å²) in [5.41, 5.74) is 0.958. The lowest BCUT2D eigenvalue weighted by atomic mass is 10.3. The second kappa shape index (κ2) is 6.93. The van der Waals surface area contributed by atoms with Crippen LogP contribution >= 0.6 is 11.3 Å². The molecule has 1 aromatic heterocycles. The topological polar surface area (TPSA) is 72.5 Å². The average molecular weight is 339 g/mol. The normalized spacial score (nSPS) is 11.2. The summed E-state index contributed by atoms with van der Waals surface area (Å²) in [6.07, 6.45) is 1.16. The molecule has 1 heterocycles. The average Bonchev–Trinajstić information content (AvgIpc) is 2.89. The minimum absolute atomic E-state index is 0.108. The molecule has 0 aliphatic rings. The fourth-order valence-electron chi connectivity index (χ4n) is 1.80. The Hall–Kier alpha value is -1.86. The maximum absolute atomic E-state index is 11.9. The van der Waals surface area contributed by atoms with Gasteiger partial charge in [0.15, 0.2) is 9.84 Å². The fourth-order valence-corrected chi connectivity index (χ4v) is 3.27. The van der Waals surface area contributed by atoms with E-state index < -0.39 is 9.84 Å². The summed E-state index contributed by atoms with van der Waals surface area (Å²) in [5.74, 6) is 0.456. The molecule has 5 nitrogen and oxygen atoms in total. The number of hydrogen-bond donors (Lipinski definition) is 1. The van der Waals surface area contributed by atoms with Gasteiger partial charge in [0.25, 0.3) is 5.91 Å². The van der Waals surface area contributed by atoms with Gasteiger partial charge in [-0.25, -0.2) is 8.42 Å². The summed E-state index contributed by atoms with van der Waals surface area (Å²) in [6.45, 7) is 2.59. The van der Waals surface area contributed by atoms with Crippen molar-refractivity contribution in [1.82, 2.24) is 5.32 Å². The van der Waals surface area contributed by atoms with E-state index in [1.54, 1.807) is 12.1 Å². The third-order valence-electron chi connectivity index (χ3n) is 2.98. The first-order valence-corrected chi connectivity index (χ1v) is 9.40. The van der Waals surface area contributed by atoms with Crippen LogP contribution in [-0.2, 0) is 9.84 Å². The van der Waals surface area contributed by atoms with Crippen molar-refractivity contribution in [2.45, 2.75) is 11.8 Å². The van der Waals surface area contributed by atoms with Gasteiger partial charge < -0.3 is 10.1 Å². The highest BCUT2D eigenvalue weighted by atomic mass is 32.2. The van der Waals surface area contributed by atoms with Gasteiger partial charge in [-0.05, 0) is 48.2 Å². The summed E-state index contributed by atoms with van der Waals surface area (Å²) in [6, 6.07) is 8.10. The molecule has 0 spiro atoms. The van der Waals surface area contributed by atoms with E-state index in [9.17, 15) is 13.2 Å². The van der Waals surface area contributed by atoms with Crippen molar-refractivity contribution in [2.24, 2.45) is 0 Å². The van der Waals surface area contributed by atoms with Gasteiger partial charge in [-0.1, -0.05) is 0 Å². The Balaban J connectivity index is 1.80. The van der Waals surface area contributed by atoms with Gasteiger partial charge >= 0.3 is 0 Å². The van der Waals surface area contributed by atoms with Crippen molar-refractivity contribution in [2.75, 3.05) is 19.4 Å². The molecular weight excluding hydrogens is 322 g/mol. The quantitative estimate of drug-likeness (QED) is 0.820. The summed E-state index contributed by atoms with van der Waals surface area (Å²) in [7, 11) is -3.20. The molecular formula is C15H17NO4S2. The van der Waals surface area contributed by atoms with Crippen molar-refractivity contribution in [3.8, 4) is 5.75 Å². The van der Waals surface area contributed by atoms with E-state index in [0.717, 1.165) is 11.8 Å². The van der Waals surface area contributed by atoms with Crippen LogP contribution in [-0.4, -0.2) is 33.7 Å². The van der Waals surface area contributed by atoms with Gasteiger partial charge in [0.05, 0.1) is 16.3 Å². The van der Waals surface area contributed by atoms with E-state index in [1.807, 2.05) is 18.4 Å². The Kier molecular flexibility index (Phi) is 5.20. The predicted octanol–water partition coefficient (Wildman–Crippen LogP) is 2.27. The number of hydrogen-bond acceptors (Lipinski definition) is 5. The number of carbonyl (C=O) groups is 1. The molecule has 2 aromatic rings. The number of amides is 1. The van der Waals surface area contributed by atoms with Gasteiger partial charge in [0.2, 0.25) is 0 Å². The Labute approximate surface area is 133 Å². The van der Waals surface area contributed by atoms with Crippen LogP contribution in [0.25, 0.3) is 0 Å². The molecule has 0 bridgehead atoms. The van der Waals surface area contributed by atoms with Gasteiger partial charge in [-0.15, -0.1) is 11.3 Å². The summed E-state index contributed by atoms with van der Waals surface area (Å²) in [4.78, 5) is 12.8. The zero-order chi connectivity index (χ0) is 16.2. The molecule has 0 atom stereocenters. The SMILES string of the molecule is Cc1ccsc1C(=O)NCCOc1ccc(S(C)(=O)=O)cc1. The highest BCUT2D eigenvalue weighted by Gasteiger charge is 2.09. The highest BCUT2D eigenvalue weighted by molar-refractivity contribution is 7.90. The number of benzene rings is 1. The van der Waals surface area contributed by atoms with Gasteiger partial charge in [-0.2, -0.15) is 0 Å². The minimum atomic E-state index is -3.20. The number of ether oxygens (including phenoxy) is 1. The number of thiophene rings is 1. The zero-order valence-electron chi connectivity index (χ0n) is 12.3. The minimum Gasteiger partial charge on any atom is -0.492 e. The summed E-state index contributed by atoms with van der Waals surface area (Å²) < 4.78 is 28.1. The number of sulfone groups is 1. The maximum Gasteiger partial charge on any atom is 0.261 e. The molecule has 22 heavy (non-hydrogen) atoms. The van der Waals surface area contributed by atoms with E-state index in [1.165, 1.54) is 23.5 Å². The maximum atomic E-state index is 11.9. The molecule has 1 amide bonds. The van der Waals surface area contributed by atoms with E-state index in [2.05, 4.69) is 5.32 Å². The van der Waals surface area contributed by atoms with Gasteiger partial charge in [0, 0.05) is 6.26 Å². The number of aryl methyl sites for hydroxylation is 1. The van der Waals surface area contributed by atoms with Crippen molar-refractivity contribution in [3.05, 3.63) is 46.2 Å². The fraction of sp³-hybridized carbons (Fsp3) is 0.267. The zero-order valence-corrected chi connectivity index (χ0v) is 14.0. The van der Waals surface area contributed by atoms with E-state index in [-0.39, 0.29) is 10.8 Å². The first-order chi connectivity index (χ1) is 10.4. The predicted molar refractivity (Wildman–Crippen MR) is 86.4 cm³/mol. The molecule has 7 heteroatoms. The lowest BCUT2D eigenvalue weighted by Gasteiger charge is -2.08. The third kappa shape index (κ3) is 4.32. The van der Waals surface area contributed by atoms with E-state index >= 15 is 0 Å². The van der Waals surface area contributed by atoms with Crippen LogP contribution in [0.1, 0.15) is 15.2 Å². The molecule has 0 aliphatic heterocycles. The molecule has 118 valence electrons. The molecule has 0 saturated heterocycles. The van der Waals surface area contributed by atoms with Gasteiger partial charge in [0.1, 0.15) is 12.4 Å². The monoisotopic (exact) mass is 339 g/mol. The first-order valence-electron chi connectivity index (χ1n) is 6.63. The second-order valence-electron chi connectivity index (χ2n) is 4.78. The standard InChI is InChI=1S/C15H17NO4S2/c1-11-7-10-21-14(11)15(17)16-8-9-20-12-3-5-13(6-4-12)22(2,18)19/h3-7,10H,8-9H2,1-2H3,(H,16,17). The van der Waals surface area contributed by atoms with E-state index in [4.69, 9.17) is 4.74 Å². The number of rotatable bonds is 6. The van der Waals surface area contributed by atoms with Gasteiger partial charge in [-0.3, -0.25) is 4.79 Å². The Morgan fingerprint density at radius 3 is 2.45 bits per heavy atom. The third-order valence-corrected chi connectivity index (χ3v) is 5.12. The van der Waals surface area contributed by atoms with Crippen molar-refractivity contribution < 1.29 is 17.9 Å². The first kappa shape index (κ1) is 16.5. The molecule has 1 aromatic carbocycles. The number of nitrogens with one attached hydrogen (secondary N) is 1. The van der Waals surface area contributed by atoms with Crippen LogP contribution in [0.5, 0.6) is 5.75 Å². The van der Waals surface area contributed by atoms with Crippen LogP contribution in [0.3, 0.4) is 0 Å². The number of carbonyl (C=O) groups excluding carboxylic acids is 1. The van der Waals surface area contributed by atoms with Crippen LogP contribution in [0.4, 0.5) is 0 Å². The molecule has 1 N–H and O–H groups in total. The Morgan fingerprint density at radius 1 is 1.23 bits per heavy atom. The van der Waals surface area contributed by atoms with Crippen LogP contribution in [0.15, 0.2) is 40.6 Å². The summed E-state index contributed by atoms with van der Waals surface area (Å²) >= 11 is 1.41. The lowest BCUT2D eigenvalue weighted by molar-refractivity contribution is 0.0950. The van der Waals surface area contributed by atoms with Crippen molar-refractivity contribution in [1.29, 1.82) is 0 Å². The Bertz CT molecular complexity index is 748. The lowest BCUT2D eigenvalue weighted by Crippen LogP contribution is -2.27. The molecule has 0 fully saturated rings. The van der Waals surface area contributed by atoms with Crippen molar-refractivity contribution >= 4 is 27.1 Å². The van der Waals surface area contributed by atoms with Crippen LogP contribution in [0, 0.1) is 6.92 Å². The second-order valence-corrected chi connectivity index (χ2v) is 7.71. The van der Waals surface area contributed by atoms with Crippen LogP contribution < -0.4 is 10.1 Å². The summed E-state index contributed by atoms with van der Waals surface area (Å²) in [5, 5.41) is 4.66. The highest BCUT2D eigenvalue weighted by Crippen LogP contribution is 2.16. The smallest absolute Gasteiger partial charge is 0.261 e. The molecule has 0 unspecified atom stereocenters. The van der Waals surface area contributed by atoms with E-state index in [0.29, 0.717) is 23.8 Å².